The minimum Gasteiger partial charge on any atom is -0.493 e. The largest absolute Gasteiger partial charge is 0.493 e. The average Bonchev–Trinajstić information content (AvgIpc) is 3.45. The van der Waals surface area contributed by atoms with Gasteiger partial charge in [0.2, 0.25) is 0 Å². The van der Waals surface area contributed by atoms with Gasteiger partial charge in [0.15, 0.2) is 11.5 Å². The summed E-state index contributed by atoms with van der Waals surface area (Å²) in [7, 11) is 1.59. The Bertz CT molecular complexity index is 1450. The van der Waals surface area contributed by atoms with E-state index in [2.05, 4.69) is 15.4 Å². The first-order valence-corrected chi connectivity index (χ1v) is 11.5. The molecule has 0 aliphatic carbocycles. The molecular formula is C26H22N4O3S. The van der Waals surface area contributed by atoms with Crippen molar-refractivity contribution in [2.75, 3.05) is 12.4 Å². The Morgan fingerprint density at radius 1 is 1.03 bits per heavy atom. The lowest BCUT2D eigenvalue weighted by Crippen LogP contribution is -2.10. The lowest BCUT2D eigenvalue weighted by Gasteiger charge is -2.13. The number of carbonyl (C=O) groups excluding carboxylic acids is 1. The molecule has 0 saturated heterocycles. The normalized spacial score (nSPS) is 10.9. The van der Waals surface area contributed by atoms with Crippen LogP contribution in [0, 0.1) is 6.92 Å². The molecule has 0 fully saturated rings. The first-order chi connectivity index (χ1) is 16.6. The van der Waals surface area contributed by atoms with Gasteiger partial charge in [-0.1, -0.05) is 18.2 Å². The molecule has 2 aromatic carbocycles. The summed E-state index contributed by atoms with van der Waals surface area (Å²) in [4.78, 5) is 18.6. The molecule has 3 aromatic heterocycles. The number of carbonyl (C=O) groups is 1. The van der Waals surface area contributed by atoms with Gasteiger partial charge in [-0.15, -0.1) is 11.3 Å². The third-order valence-electron chi connectivity index (χ3n) is 5.33. The Balaban J connectivity index is 1.38. The second kappa shape index (κ2) is 9.36. The van der Waals surface area contributed by atoms with E-state index in [4.69, 9.17) is 9.47 Å². The zero-order valence-corrected chi connectivity index (χ0v) is 19.5. The lowest BCUT2D eigenvalue weighted by atomic mass is 10.2. The molecule has 0 spiro atoms. The molecule has 1 N–H and O–H groups in total. The van der Waals surface area contributed by atoms with E-state index >= 15 is 0 Å². The Morgan fingerprint density at radius 2 is 1.82 bits per heavy atom. The number of anilines is 1. The molecule has 0 atom stereocenters. The van der Waals surface area contributed by atoms with Crippen LogP contribution in [-0.2, 0) is 6.61 Å². The predicted octanol–water partition coefficient (Wildman–Crippen LogP) is 5.63. The fourth-order valence-corrected chi connectivity index (χ4v) is 4.68. The van der Waals surface area contributed by atoms with Gasteiger partial charge in [0.25, 0.3) is 5.91 Å². The standard InChI is InChI=1S/C26H22N4O3S/c1-17-21-15-24(34-26(21)30(29-17)20-6-4-3-5-7-20)25(31)28-19-8-9-22(32-2)23(14-19)33-16-18-10-12-27-13-11-18/h3-15H,16H2,1-2H3,(H,28,31). The number of thiophene rings is 1. The second-order valence-electron chi connectivity index (χ2n) is 7.63. The fraction of sp³-hybridized carbons (Fsp3) is 0.115. The van der Waals surface area contributed by atoms with E-state index in [-0.39, 0.29) is 5.91 Å². The number of pyridine rings is 1. The van der Waals surface area contributed by atoms with Crippen molar-refractivity contribution in [1.29, 1.82) is 0 Å². The average molecular weight is 471 g/mol. The van der Waals surface area contributed by atoms with Gasteiger partial charge in [0.1, 0.15) is 11.4 Å². The zero-order chi connectivity index (χ0) is 23.5. The van der Waals surface area contributed by atoms with E-state index in [1.165, 1.54) is 11.3 Å². The molecular weight excluding hydrogens is 448 g/mol. The third kappa shape index (κ3) is 4.35. The van der Waals surface area contributed by atoms with E-state index in [1.54, 1.807) is 37.7 Å². The van der Waals surface area contributed by atoms with Crippen molar-refractivity contribution >= 4 is 33.1 Å². The zero-order valence-electron chi connectivity index (χ0n) is 18.7. The molecule has 7 nitrogen and oxygen atoms in total. The number of methoxy groups -OCH3 is 1. The highest BCUT2D eigenvalue weighted by atomic mass is 32.1. The van der Waals surface area contributed by atoms with Crippen LogP contribution in [0.5, 0.6) is 11.5 Å². The highest BCUT2D eigenvalue weighted by molar-refractivity contribution is 7.20. The maximum atomic E-state index is 13.1. The van der Waals surface area contributed by atoms with Crippen LogP contribution in [0.3, 0.4) is 0 Å². The van der Waals surface area contributed by atoms with Crippen LogP contribution in [0.1, 0.15) is 20.9 Å². The summed E-state index contributed by atoms with van der Waals surface area (Å²) >= 11 is 1.41. The SMILES string of the molecule is COc1ccc(NC(=O)c2cc3c(C)nn(-c4ccccc4)c3s2)cc1OCc1ccncc1. The van der Waals surface area contributed by atoms with E-state index in [0.717, 1.165) is 27.2 Å². The monoisotopic (exact) mass is 470 g/mol. The van der Waals surface area contributed by atoms with Crippen LogP contribution in [0.15, 0.2) is 79.1 Å². The van der Waals surface area contributed by atoms with E-state index < -0.39 is 0 Å². The van der Waals surface area contributed by atoms with Crippen LogP contribution in [-0.4, -0.2) is 27.8 Å². The molecule has 5 rings (SSSR count). The number of aryl methyl sites for hydroxylation is 1. The molecule has 0 aliphatic rings. The fourth-order valence-electron chi connectivity index (χ4n) is 3.60. The molecule has 3 heterocycles. The lowest BCUT2D eigenvalue weighted by molar-refractivity contribution is 0.103. The number of rotatable bonds is 7. The van der Waals surface area contributed by atoms with E-state index in [9.17, 15) is 4.79 Å². The van der Waals surface area contributed by atoms with E-state index in [1.807, 2.05) is 60.1 Å². The van der Waals surface area contributed by atoms with Crippen molar-refractivity contribution in [3.8, 4) is 17.2 Å². The van der Waals surface area contributed by atoms with E-state index in [0.29, 0.717) is 28.7 Å². The highest BCUT2D eigenvalue weighted by Crippen LogP contribution is 2.33. The number of para-hydroxylation sites is 1. The summed E-state index contributed by atoms with van der Waals surface area (Å²) in [5.41, 5.74) is 3.44. The molecule has 0 aliphatic heterocycles. The van der Waals surface area contributed by atoms with Crippen LogP contribution < -0.4 is 14.8 Å². The van der Waals surface area contributed by atoms with Gasteiger partial charge in [0.05, 0.1) is 23.4 Å². The first-order valence-electron chi connectivity index (χ1n) is 10.7. The number of amides is 1. The Hall–Kier alpha value is -4.17. The number of hydrogen-bond donors (Lipinski definition) is 1. The number of benzene rings is 2. The van der Waals surface area contributed by atoms with Gasteiger partial charge >= 0.3 is 0 Å². The molecule has 0 bridgehead atoms. The van der Waals surface area contributed by atoms with Crippen molar-refractivity contribution in [2.45, 2.75) is 13.5 Å². The molecule has 8 heteroatoms. The molecule has 5 aromatic rings. The van der Waals surface area contributed by atoms with Crippen molar-refractivity contribution < 1.29 is 14.3 Å². The molecule has 170 valence electrons. The van der Waals surface area contributed by atoms with Gasteiger partial charge in [-0.3, -0.25) is 9.78 Å². The van der Waals surface area contributed by atoms with Gasteiger partial charge in [0, 0.05) is 29.5 Å². The summed E-state index contributed by atoms with van der Waals surface area (Å²) in [6, 6.07) is 20.9. The number of hydrogen-bond acceptors (Lipinski definition) is 6. The Kier molecular flexibility index (Phi) is 5.97. The van der Waals surface area contributed by atoms with Gasteiger partial charge in [-0.05, 0) is 55.0 Å². The Labute approximate surface area is 200 Å². The molecule has 0 unspecified atom stereocenters. The summed E-state index contributed by atoms with van der Waals surface area (Å²) in [5, 5.41) is 8.58. The first kappa shape index (κ1) is 21.7. The second-order valence-corrected chi connectivity index (χ2v) is 8.66. The van der Waals surface area contributed by atoms with Crippen LogP contribution in [0.25, 0.3) is 15.9 Å². The van der Waals surface area contributed by atoms with Gasteiger partial charge in [-0.2, -0.15) is 5.10 Å². The maximum Gasteiger partial charge on any atom is 0.265 e. The van der Waals surface area contributed by atoms with Gasteiger partial charge in [-0.25, -0.2) is 4.68 Å². The number of aromatic nitrogens is 3. The summed E-state index contributed by atoms with van der Waals surface area (Å²) in [6.07, 6.45) is 3.44. The molecule has 34 heavy (non-hydrogen) atoms. The third-order valence-corrected chi connectivity index (χ3v) is 6.44. The summed E-state index contributed by atoms with van der Waals surface area (Å²) in [5.74, 6) is 0.946. The number of ether oxygens (including phenoxy) is 2. The Morgan fingerprint density at radius 3 is 2.59 bits per heavy atom. The molecule has 1 amide bonds. The van der Waals surface area contributed by atoms with Crippen LogP contribution >= 0.6 is 11.3 Å². The van der Waals surface area contributed by atoms with Crippen molar-refractivity contribution in [1.82, 2.24) is 14.8 Å². The smallest absolute Gasteiger partial charge is 0.265 e. The molecule has 0 radical (unpaired) electrons. The number of nitrogens with one attached hydrogen (secondary N) is 1. The van der Waals surface area contributed by atoms with Crippen molar-refractivity contribution in [3.63, 3.8) is 0 Å². The predicted molar refractivity (Wildman–Crippen MR) is 133 cm³/mol. The highest BCUT2D eigenvalue weighted by Gasteiger charge is 2.18. The summed E-state index contributed by atoms with van der Waals surface area (Å²) < 4.78 is 13.2. The number of nitrogens with zero attached hydrogens (tertiary/aromatic N) is 3. The summed E-state index contributed by atoms with van der Waals surface area (Å²) in [6.45, 7) is 2.31. The number of fused-ring (bicyclic) bond motifs is 1. The van der Waals surface area contributed by atoms with Crippen molar-refractivity contribution in [3.05, 3.63) is 95.3 Å². The van der Waals surface area contributed by atoms with Gasteiger partial charge < -0.3 is 14.8 Å². The quantitative estimate of drug-likeness (QED) is 0.334. The van der Waals surface area contributed by atoms with Crippen molar-refractivity contribution in [2.24, 2.45) is 0 Å². The van der Waals surface area contributed by atoms with Crippen LogP contribution in [0.2, 0.25) is 0 Å². The van der Waals surface area contributed by atoms with Crippen LogP contribution in [0.4, 0.5) is 5.69 Å². The minimum atomic E-state index is -0.189. The molecule has 0 saturated carbocycles. The maximum absolute atomic E-state index is 13.1. The minimum absolute atomic E-state index is 0.189. The topological polar surface area (TPSA) is 78.3 Å².